The summed E-state index contributed by atoms with van der Waals surface area (Å²) in [6, 6.07) is 8.76. The Morgan fingerprint density at radius 2 is 1.78 bits per heavy atom. The first-order valence-corrected chi connectivity index (χ1v) is 7.50. The lowest BCUT2D eigenvalue weighted by atomic mass is 9.98. The Morgan fingerprint density at radius 1 is 1.17 bits per heavy atom. The summed E-state index contributed by atoms with van der Waals surface area (Å²) >= 11 is 0. The molecule has 0 saturated heterocycles. The van der Waals surface area contributed by atoms with E-state index in [4.69, 9.17) is 5.73 Å². The first kappa shape index (κ1) is 16.6. The molecule has 2 atom stereocenters. The molecular formula is C17H20N4O2. The van der Waals surface area contributed by atoms with Crippen molar-refractivity contribution in [2.24, 2.45) is 11.7 Å². The van der Waals surface area contributed by atoms with Crippen molar-refractivity contribution in [2.45, 2.75) is 26.3 Å². The molecule has 0 fully saturated rings. The summed E-state index contributed by atoms with van der Waals surface area (Å²) in [7, 11) is 0. The predicted molar refractivity (Wildman–Crippen MR) is 87.4 cm³/mol. The predicted octanol–water partition coefficient (Wildman–Crippen LogP) is 1.77. The van der Waals surface area contributed by atoms with E-state index in [0.29, 0.717) is 11.4 Å². The Kier molecular flexibility index (Phi) is 5.41. The second-order valence-corrected chi connectivity index (χ2v) is 5.40. The number of rotatable bonds is 6. The first-order chi connectivity index (χ1) is 11.0. The molecule has 120 valence electrons. The number of benzene rings is 1. The molecule has 0 aliphatic rings. The third kappa shape index (κ3) is 4.12. The fraction of sp³-hybridized carbons (Fsp3) is 0.294. The molecule has 0 radical (unpaired) electrons. The van der Waals surface area contributed by atoms with Gasteiger partial charge >= 0.3 is 0 Å². The van der Waals surface area contributed by atoms with Crippen LogP contribution in [0.3, 0.4) is 0 Å². The number of hydrogen-bond donors (Lipinski definition) is 2. The summed E-state index contributed by atoms with van der Waals surface area (Å²) in [6.07, 6.45) is 3.62. The van der Waals surface area contributed by atoms with Gasteiger partial charge in [-0.3, -0.25) is 9.59 Å². The van der Waals surface area contributed by atoms with Gasteiger partial charge in [-0.1, -0.05) is 50.6 Å². The van der Waals surface area contributed by atoms with E-state index >= 15 is 0 Å². The Morgan fingerprint density at radius 3 is 2.30 bits per heavy atom. The summed E-state index contributed by atoms with van der Waals surface area (Å²) in [4.78, 5) is 32.1. The lowest BCUT2D eigenvalue weighted by Crippen LogP contribution is -2.48. The molecule has 2 rings (SSSR count). The average Bonchev–Trinajstić information content (AvgIpc) is 2.59. The van der Waals surface area contributed by atoms with Crippen LogP contribution in [0.1, 0.15) is 30.6 Å². The van der Waals surface area contributed by atoms with Crippen molar-refractivity contribution in [3.63, 3.8) is 0 Å². The Bertz CT molecular complexity index is 671. The molecule has 0 saturated carbocycles. The van der Waals surface area contributed by atoms with E-state index in [1.54, 1.807) is 0 Å². The van der Waals surface area contributed by atoms with Gasteiger partial charge in [0.15, 0.2) is 5.82 Å². The Hall–Kier alpha value is -2.76. The Labute approximate surface area is 135 Å². The van der Waals surface area contributed by atoms with Crippen molar-refractivity contribution in [3.8, 4) is 11.4 Å². The number of primary amides is 1. The molecule has 1 heterocycles. The van der Waals surface area contributed by atoms with Gasteiger partial charge in [0.2, 0.25) is 5.91 Å². The normalized spacial score (nSPS) is 13.1. The highest BCUT2D eigenvalue weighted by Gasteiger charge is 2.24. The van der Waals surface area contributed by atoms with E-state index in [9.17, 15) is 9.59 Å². The van der Waals surface area contributed by atoms with Crippen molar-refractivity contribution < 1.29 is 9.59 Å². The van der Waals surface area contributed by atoms with E-state index in [1.807, 2.05) is 44.2 Å². The van der Waals surface area contributed by atoms with Crippen molar-refractivity contribution in [2.75, 3.05) is 0 Å². The van der Waals surface area contributed by atoms with Gasteiger partial charge in [-0.05, 0) is 5.92 Å². The van der Waals surface area contributed by atoms with Crippen molar-refractivity contribution in [3.05, 3.63) is 48.3 Å². The summed E-state index contributed by atoms with van der Waals surface area (Å²) in [5.74, 6) is -0.459. The number of hydrogen-bond acceptors (Lipinski definition) is 4. The van der Waals surface area contributed by atoms with Crippen LogP contribution >= 0.6 is 0 Å². The molecular weight excluding hydrogens is 292 g/mol. The topological polar surface area (TPSA) is 98.0 Å². The van der Waals surface area contributed by atoms with Crippen LogP contribution in [0.2, 0.25) is 0 Å². The monoisotopic (exact) mass is 312 g/mol. The SMILES string of the molecule is CCC(C)C(NC(=O)c1cnc(-c2ccccc2)nc1)C(N)=O. The van der Waals surface area contributed by atoms with E-state index in [2.05, 4.69) is 15.3 Å². The minimum absolute atomic E-state index is 0.0408. The van der Waals surface area contributed by atoms with Crippen molar-refractivity contribution >= 4 is 11.8 Å². The highest BCUT2D eigenvalue weighted by atomic mass is 16.2. The van der Waals surface area contributed by atoms with E-state index in [1.165, 1.54) is 12.4 Å². The number of nitrogens with one attached hydrogen (secondary N) is 1. The largest absolute Gasteiger partial charge is 0.368 e. The smallest absolute Gasteiger partial charge is 0.255 e. The fourth-order valence-electron chi connectivity index (χ4n) is 2.14. The molecule has 2 aromatic rings. The van der Waals surface area contributed by atoms with Crippen LogP contribution in [0.4, 0.5) is 0 Å². The van der Waals surface area contributed by atoms with Gasteiger partial charge in [0.25, 0.3) is 5.91 Å². The molecule has 2 unspecified atom stereocenters. The summed E-state index contributed by atoms with van der Waals surface area (Å²) in [5, 5.41) is 2.65. The van der Waals surface area contributed by atoms with Gasteiger partial charge in [0, 0.05) is 18.0 Å². The van der Waals surface area contributed by atoms with Crippen LogP contribution in [-0.4, -0.2) is 27.8 Å². The lowest BCUT2D eigenvalue weighted by molar-refractivity contribution is -0.120. The van der Waals surface area contributed by atoms with Gasteiger partial charge in [0.1, 0.15) is 6.04 Å². The molecule has 0 aliphatic heterocycles. The summed E-state index contributed by atoms with van der Waals surface area (Å²) < 4.78 is 0. The fourth-order valence-corrected chi connectivity index (χ4v) is 2.14. The molecule has 0 bridgehead atoms. The standard InChI is InChI=1S/C17H20N4O2/c1-3-11(2)14(15(18)22)21-17(23)13-9-19-16(20-10-13)12-7-5-4-6-8-12/h4-11,14H,3H2,1-2H3,(H2,18,22)(H,21,23). The van der Waals surface area contributed by atoms with Crippen LogP contribution in [0.15, 0.2) is 42.7 Å². The van der Waals surface area contributed by atoms with E-state index in [0.717, 1.165) is 12.0 Å². The number of nitrogens with two attached hydrogens (primary N) is 1. The van der Waals surface area contributed by atoms with Gasteiger partial charge in [-0.15, -0.1) is 0 Å². The quantitative estimate of drug-likeness (QED) is 0.849. The molecule has 0 spiro atoms. The minimum atomic E-state index is -0.707. The molecule has 0 aliphatic carbocycles. The van der Waals surface area contributed by atoms with Gasteiger partial charge in [-0.2, -0.15) is 0 Å². The number of aromatic nitrogens is 2. The van der Waals surface area contributed by atoms with Crippen molar-refractivity contribution in [1.82, 2.24) is 15.3 Å². The van der Waals surface area contributed by atoms with Gasteiger partial charge in [0.05, 0.1) is 5.56 Å². The van der Waals surface area contributed by atoms with Gasteiger partial charge < -0.3 is 11.1 Å². The van der Waals surface area contributed by atoms with E-state index < -0.39 is 17.9 Å². The van der Waals surface area contributed by atoms with Gasteiger partial charge in [-0.25, -0.2) is 9.97 Å². The lowest BCUT2D eigenvalue weighted by Gasteiger charge is -2.20. The zero-order valence-electron chi connectivity index (χ0n) is 13.2. The average molecular weight is 312 g/mol. The number of carbonyl (C=O) groups is 2. The van der Waals surface area contributed by atoms with Crippen molar-refractivity contribution in [1.29, 1.82) is 0 Å². The number of carbonyl (C=O) groups excluding carboxylic acids is 2. The maximum Gasteiger partial charge on any atom is 0.255 e. The Balaban J connectivity index is 2.12. The zero-order chi connectivity index (χ0) is 16.8. The maximum absolute atomic E-state index is 12.2. The van der Waals surface area contributed by atoms with Crippen LogP contribution in [-0.2, 0) is 4.79 Å². The molecule has 6 nitrogen and oxygen atoms in total. The molecule has 3 N–H and O–H groups in total. The second kappa shape index (κ2) is 7.49. The maximum atomic E-state index is 12.2. The first-order valence-electron chi connectivity index (χ1n) is 7.50. The van der Waals surface area contributed by atoms with Crippen LogP contribution in [0.25, 0.3) is 11.4 Å². The highest BCUT2D eigenvalue weighted by molar-refractivity contribution is 5.97. The van der Waals surface area contributed by atoms with Crippen LogP contribution in [0.5, 0.6) is 0 Å². The molecule has 23 heavy (non-hydrogen) atoms. The number of nitrogens with zero attached hydrogens (tertiary/aromatic N) is 2. The minimum Gasteiger partial charge on any atom is -0.368 e. The third-order valence-electron chi connectivity index (χ3n) is 3.75. The number of amides is 2. The van der Waals surface area contributed by atoms with Crippen LogP contribution in [0, 0.1) is 5.92 Å². The second-order valence-electron chi connectivity index (χ2n) is 5.40. The third-order valence-corrected chi connectivity index (χ3v) is 3.75. The summed E-state index contributed by atoms with van der Waals surface area (Å²) in [5.41, 5.74) is 6.52. The van der Waals surface area contributed by atoms with E-state index in [-0.39, 0.29) is 5.92 Å². The van der Waals surface area contributed by atoms with Crippen LogP contribution < -0.4 is 11.1 Å². The molecule has 1 aromatic heterocycles. The molecule has 1 aromatic carbocycles. The summed E-state index contributed by atoms with van der Waals surface area (Å²) in [6.45, 7) is 3.80. The highest BCUT2D eigenvalue weighted by Crippen LogP contribution is 2.13. The molecule has 6 heteroatoms. The molecule has 2 amide bonds. The zero-order valence-corrected chi connectivity index (χ0v) is 13.2.